The minimum atomic E-state index is -0.222. The number of thiocarbonyl (C=S) groups is 1. The number of nitrogens with one attached hydrogen (secondary N) is 1. The number of aromatic nitrogens is 2. The first kappa shape index (κ1) is 23.9. The van der Waals surface area contributed by atoms with Gasteiger partial charge in [-0.3, -0.25) is 18.9 Å². The Hall–Kier alpha value is -2.23. The van der Waals surface area contributed by atoms with Crippen molar-refractivity contribution in [1.82, 2.24) is 14.3 Å². The van der Waals surface area contributed by atoms with Gasteiger partial charge in [0.05, 0.1) is 16.6 Å². The standard InChI is InChI=1S/C24H30N4O3S2/c1-2-3-4-5-7-13-28-23(30)19(33-24(28)32)15-18-21(25-16-17-10-9-14-31-17)26-20-11-6-8-12-27(20)22(18)29/h6,8,11-12,15,17,25H,2-5,7,9-10,13-14,16H2,1H3/b19-15-/t17-/m0/s1. The number of nitrogens with zero attached hydrogens (tertiary/aromatic N) is 3. The fourth-order valence-electron chi connectivity index (χ4n) is 4.08. The summed E-state index contributed by atoms with van der Waals surface area (Å²) in [6.07, 6.45) is 11.0. The maximum absolute atomic E-state index is 13.3. The van der Waals surface area contributed by atoms with E-state index in [1.807, 2.05) is 6.07 Å². The van der Waals surface area contributed by atoms with Crippen molar-refractivity contribution in [3.63, 3.8) is 0 Å². The van der Waals surface area contributed by atoms with E-state index in [1.54, 1.807) is 29.3 Å². The fourth-order valence-corrected chi connectivity index (χ4v) is 5.37. The lowest BCUT2D eigenvalue weighted by atomic mass is 10.1. The number of hydrogen-bond donors (Lipinski definition) is 1. The van der Waals surface area contributed by atoms with Crippen LogP contribution in [0.1, 0.15) is 57.4 Å². The SMILES string of the molecule is CCCCCCCN1C(=O)/C(=C/c2c(NC[C@@H]3CCCO3)nc3ccccn3c2=O)SC1=S. The first-order valence-electron chi connectivity index (χ1n) is 11.7. The summed E-state index contributed by atoms with van der Waals surface area (Å²) >= 11 is 6.73. The van der Waals surface area contributed by atoms with E-state index in [0.29, 0.717) is 39.3 Å². The predicted molar refractivity (Wildman–Crippen MR) is 138 cm³/mol. The Morgan fingerprint density at radius 3 is 2.91 bits per heavy atom. The van der Waals surface area contributed by atoms with Crippen LogP contribution in [-0.4, -0.2) is 50.3 Å². The molecule has 2 aliphatic rings. The minimum Gasteiger partial charge on any atom is -0.376 e. The average molecular weight is 487 g/mol. The first-order valence-corrected chi connectivity index (χ1v) is 12.9. The number of fused-ring (bicyclic) bond motifs is 1. The normalized spacial score (nSPS) is 19.8. The highest BCUT2D eigenvalue weighted by Crippen LogP contribution is 2.33. The van der Waals surface area contributed by atoms with Crippen molar-refractivity contribution < 1.29 is 9.53 Å². The average Bonchev–Trinajstić information content (AvgIpc) is 3.43. The van der Waals surface area contributed by atoms with E-state index in [0.717, 1.165) is 32.3 Å². The van der Waals surface area contributed by atoms with Crippen LogP contribution < -0.4 is 10.9 Å². The lowest BCUT2D eigenvalue weighted by Crippen LogP contribution is -2.29. The van der Waals surface area contributed by atoms with Gasteiger partial charge in [-0.2, -0.15) is 0 Å². The van der Waals surface area contributed by atoms with Gasteiger partial charge in [-0.25, -0.2) is 4.98 Å². The van der Waals surface area contributed by atoms with Crippen LogP contribution in [0.3, 0.4) is 0 Å². The van der Waals surface area contributed by atoms with Gasteiger partial charge in [0, 0.05) is 25.9 Å². The molecule has 1 N–H and O–H groups in total. The van der Waals surface area contributed by atoms with Crippen molar-refractivity contribution in [3.05, 3.63) is 45.2 Å². The molecule has 2 fully saturated rings. The van der Waals surface area contributed by atoms with E-state index < -0.39 is 0 Å². The number of amides is 1. The molecule has 0 bridgehead atoms. The maximum atomic E-state index is 13.3. The van der Waals surface area contributed by atoms with Gasteiger partial charge in [-0.15, -0.1) is 0 Å². The van der Waals surface area contributed by atoms with Gasteiger partial charge in [-0.05, 0) is 37.5 Å². The Kier molecular flexibility index (Phi) is 8.16. The number of carbonyl (C=O) groups is 1. The van der Waals surface area contributed by atoms with Crippen LogP contribution in [0.25, 0.3) is 11.7 Å². The molecule has 2 aromatic heterocycles. The molecule has 0 unspecified atom stereocenters. The topological polar surface area (TPSA) is 75.9 Å². The highest BCUT2D eigenvalue weighted by atomic mass is 32.2. The van der Waals surface area contributed by atoms with Crippen molar-refractivity contribution in [2.45, 2.75) is 58.0 Å². The van der Waals surface area contributed by atoms with Gasteiger partial charge in [0.25, 0.3) is 11.5 Å². The van der Waals surface area contributed by atoms with Gasteiger partial charge < -0.3 is 10.1 Å². The molecule has 0 radical (unpaired) electrons. The van der Waals surface area contributed by atoms with Gasteiger partial charge >= 0.3 is 0 Å². The molecular formula is C24H30N4O3S2. The largest absolute Gasteiger partial charge is 0.376 e. The summed E-state index contributed by atoms with van der Waals surface area (Å²) in [5, 5.41) is 3.29. The van der Waals surface area contributed by atoms with E-state index in [1.165, 1.54) is 35.4 Å². The second-order valence-corrected chi connectivity index (χ2v) is 10.0. The Bertz CT molecular complexity index is 1110. The molecular weight excluding hydrogens is 456 g/mol. The van der Waals surface area contributed by atoms with Crippen molar-refractivity contribution in [3.8, 4) is 0 Å². The first-order chi connectivity index (χ1) is 16.1. The highest BCUT2D eigenvalue weighted by molar-refractivity contribution is 8.26. The highest BCUT2D eigenvalue weighted by Gasteiger charge is 2.32. The molecule has 1 atom stereocenters. The lowest BCUT2D eigenvalue weighted by Gasteiger charge is -2.15. The van der Waals surface area contributed by atoms with Crippen molar-refractivity contribution >= 4 is 51.7 Å². The number of pyridine rings is 1. The van der Waals surface area contributed by atoms with Crippen molar-refractivity contribution in [2.75, 3.05) is 25.0 Å². The molecule has 0 aliphatic carbocycles. The Morgan fingerprint density at radius 1 is 1.27 bits per heavy atom. The van der Waals surface area contributed by atoms with Crippen LogP contribution >= 0.6 is 24.0 Å². The minimum absolute atomic E-state index is 0.0970. The van der Waals surface area contributed by atoms with Crippen LogP contribution in [0.4, 0.5) is 5.82 Å². The van der Waals surface area contributed by atoms with Gasteiger partial charge in [-0.1, -0.05) is 62.7 Å². The maximum Gasteiger partial charge on any atom is 0.267 e. The van der Waals surface area contributed by atoms with Crippen molar-refractivity contribution in [1.29, 1.82) is 0 Å². The Labute approximate surface area is 203 Å². The third-order valence-corrected chi connectivity index (χ3v) is 7.30. The second kappa shape index (κ2) is 11.3. The lowest BCUT2D eigenvalue weighted by molar-refractivity contribution is -0.122. The molecule has 7 nitrogen and oxygen atoms in total. The van der Waals surface area contributed by atoms with Crippen LogP contribution in [0.15, 0.2) is 34.1 Å². The Morgan fingerprint density at radius 2 is 2.12 bits per heavy atom. The van der Waals surface area contributed by atoms with E-state index in [2.05, 4.69) is 17.2 Å². The number of anilines is 1. The van der Waals surface area contributed by atoms with Crippen LogP contribution in [0.2, 0.25) is 0 Å². The number of thioether (sulfide) groups is 1. The summed E-state index contributed by atoms with van der Waals surface area (Å²) in [4.78, 5) is 33.2. The molecule has 9 heteroatoms. The zero-order valence-electron chi connectivity index (χ0n) is 18.9. The van der Waals surface area contributed by atoms with Gasteiger partial charge in [0.2, 0.25) is 0 Å². The summed E-state index contributed by atoms with van der Waals surface area (Å²) < 4.78 is 7.75. The monoisotopic (exact) mass is 486 g/mol. The number of ether oxygens (including phenoxy) is 1. The number of carbonyl (C=O) groups excluding carboxylic acids is 1. The molecule has 0 aromatic carbocycles. The van der Waals surface area contributed by atoms with Gasteiger partial charge in [0.15, 0.2) is 0 Å². The van der Waals surface area contributed by atoms with E-state index in [9.17, 15) is 9.59 Å². The molecule has 0 spiro atoms. The van der Waals surface area contributed by atoms with Gasteiger partial charge in [0.1, 0.15) is 15.8 Å². The molecule has 2 saturated heterocycles. The van der Waals surface area contributed by atoms with Crippen LogP contribution in [0, 0.1) is 0 Å². The summed E-state index contributed by atoms with van der Waals surface area (Å²) in [5.41, 5.74) is 0.689. The smallest absolute Gasteiger partial charge is 0.267 e. The molecule has 4 heterocycles. The molecule has 2 aromatic rings. The summed E-state index contributed by atoms with van der Waals surface area (Å²) in [5.74, 6) is 0.328. The van der Waals surface area contributed by atoms with E-state index >= 15 is 0 Å². The second-order valence-electron chi connectivity index (χ2n) is 8.37. The fraction of sp³-hybridized carbons (Fsp3) is 0.500. The summed E-state index contributed by atoms with van der Waals surface area (Å²) in [7, 11) is 0. The summed E-state index contributed by atoms with van der Waals surface area (Å²) in [6, 6.07) is 5.43. The zero-order valence-corrected chi connectivity index (χ0v) is 20.6. The van der Waals surface area contributed by atoms with Crippen molar-refractivity contribution in [2.24, 2.45) is 0 Å². The number of hydrogen-bond acceptors (Lipinski definition) is 7. The van der Waals surface area contributed by atoms with Crippen LogP contribution in [-0.2, 0) is 9.53 Å². The predicted octanol–water partition coefficient (Wildman–Crippen LogP) is 4.46. The number of unbranched alkanes of at least 4 members (excludes halogenated alkanes) is 4. The number of rotatable bonds is 10. The van der Waals surface area contributed by atoms with E-state index in [4.69, 9.17) is 17.0 Å². The molecule has 4 rings (SSSR count). The summed E-state index contributed by atoms with van der Waals surface area (Å²) in [6.45, 7) is 4.12. The zero-order chi connectivity index (χ0) is 23.2. The Balaban J connectivity index is 1.58. The molecule has 176 valence electrons. The third kappa shape index (κ3) is 5.65. The van der Waals surface area contributed by atoms with Crippen LogP contribution in [0.5, 0.6) is 0 Å². The third-order valence-electron chi connectivity index (χ3n) is 5.92. The molecule has 33 heavy (non-hydrogen) atoms. The molecule has 0 saturated carbocycles. The van der Waals surface area contributed by atoms with E-state index in [-0.39, 0.29) is 17.6 Å². The molecule has 2 aliphatic heterocycles. The molecule has 1 amide bonds. The quantitative estimate of drug-likeness (QED) is 0.302.